The lowest BCUT2D eigenvalue weighted by Crippen LogP contribution is -2.46. The Bertz CT molecular complexity index is 326. The fourth-order valence-corrected chi connectivity index (χ4v) is 2.82. The van der Waals surface area contributed by atoms with Gasteiger partial charge in [-0.2, -0.15) is 0 Å². The summed E-state index contributed by atoms with van der Waals surface area (Å²) in [7, 11) is 0.740. The second-order valence-electron chi connectivity index (χ2n) is 5.07. The summed E-state index contributed by atoms with van der Waals surface area (Å²) in [5.41, 5.74) is 0. The maximum absolute atomic E-state index is 11.8. The van der Waals surface area contributed by atoms with Gasteiger partial charge in [0.05, 0.1) is 5.75 Å². The largest absolute Gasteiger partial charge is 0.314 e. The van der Waals surface area contributed by atoms with Crippen LogP contribution in [0.2, 0.25) is 0 Å². The Hall–Kier alpha value is -0.210. The number of nitrogens with one attached hydrogen (secondary N) is 2. The van der Waals surface area contributed by atoms with Crippen molar-refractivity contribution in [3.8, 4) is 0 Å². The Balaban J connectivity index is 2.26. The van der Waals surface area contributed by atoms with Crippen molar-refractivity contribution in [3.05, 3.63) is 0 Å². The van der Waals surface area contributed by atoms with Crippen molar-refractivity contribution in [3.63, 3.8) is 0 Å². The Morgan fingerprint density at radius 3 is 2.50 bits per heavy atom. The zero-order chi connectivity index (χ0) is 13.6. The first kappa shape index (κ1) is 15.8. The first-order valence-electron chi connectivity index (χ1n) is 6.47. The zero-order valence-corrected chi connectivity index (χ0v) is 12.5. The molecule has 0 saturated carbocycles. The lowest BCUT2D eigenvalue weighted by Gasteiger charge is -2.27. The van der Waals surface area contributed by atoms with Crippen LogP contribution in [0.4, 0.5) is 0 Å². The van der Waals surface area contributed by atoms with Gasteiger partial charge in [-0.25, -0.2) is 13.1 Å². The third kappa shape index (κ3) is 6.10. The predicted molar refractivity (Wildman–Crippen MR) is 74.2 cm³/mol. The van der Waals surface area contributed by atoms with Gasteiger partial charge < -0.3 is 10.2 Å². The van der Waals surface area contributed by atoms with Crippen LogP contribution in [0.1, 0.15) is 6.92 Å². The van der Waals surface area contributed by atoms with E-state index in [4.69, 9.17) is 0 Å². The quantitative estimate of drug-likeness (QED) is 0.610. The topological polar surface area (TPSA) is 64.7 Å². The minimum absolute atomic E-state index is 0.188. The Labute approximate surface area is 111 Å². The molecule has 0 aromatic heterocycles. The second kappa shape index (κ2) is 7.40. The minimum atomic E-state index is -3.15. The molecule has 0 radical (unpaired) electrons. The predicted octanol–water partition coefficient (Wildman–Crippen LogP) is -1.24. The molecule has 2 N–H and O–H groups in total. The monoisotopic (exact) mass is 278 g/mol. The highest BCUT2D eigenvalue weighted by molar-refractivity contribution is 7.89. The number of rotatable bonds is 7. The normalized spacial score (nSPS) is 20.2. The standard InChI is InChI=1S/C11H26N4O2S/c1-11(14(2)3)10-13-18(16,17)9-8-15-6-4-12-5-7-15/h11-13H,4-10H2,1-3H3. The molecular formula is C11H26N4O2S. The van der Waals surface area contributed by atoms with E-state index in [1.54, 1.807) is 0 Å². The lowest BCUT2D eigenvalue weighted by molar-refractivity contribution is 0.253. The first-order chi connectivity index (χ1) is 8.41. The minimum Gasteiger partial charge on any atom is -0.314 e. The summed E-state index contributed by atoms with van der Waals surface area (Å²) < 4.78 is 26.3. The maximum atomic E-state index is 11.8. The fourth-order valence-electron chi connectivity index (χ4n) is 1.69. The summed E-state index contributed by atoms with van der Waals surface area (Å²) >= 11 is 0. The summed E-state index contributed by atoms with van der Waals surface area (Å²) in [5.74, 6) is 0.188. The number of hydrogen-bond donors (Lipinski definition) is 2. The van der Waals surface area contributed by atoms with Gasteiger partial charge in [-0.05, 0) is 21.0 Å². The number of piperazine rings is 1. The average molecular weight is 278 g/mol. The molecule has 1 heterocycles. The van der Waals surface area contributed by atoms with Crippen molar-refractivity contribution >= 4 is 10.0 Å². The zero-order valence-electron chi connectivity index (χ0n) is 11.6. The Kier molecular flexibility index (Phi) is 6.51. The summed E-state index contributed by atoms with van der Waals surface area (Å²) in [4.78, 5) is 4.18. The van der Waals surface area contributed by atoms with Gasteiger partial charge in [-0.1, -0.05) is 0 Å². The highest BCUT2D eigenvalue weighted by Crippen LogP contribution is 1.96. The summed E-state index contributed by atoms with van der Waals surface area (Å²) in [6.07, 6.45) is 0. The van der Waals surface area contributed by atoms with Gasteiger partial charge in [0.25, 0.3) is 0 Å². The third-order valence-corrected chi connectivity index (χ3v) is 4.69. The molecule has 0 amide bonds. The van der Waals surface area contributed by atoms with Crippen molar-refractivity contribution in [1.82, 2.24) is 19.8 Å². The highest BCUT2D eigenvalue weighted by atomic mass is 32.2. The van der Waals surface area contributed by atoms with Gasteiger partial charge in [0, 0.05) is 45.3 Å². The fraction of sp³-hybridized carbons (Fsp3) is 1.00. The van der Waals surface area contributed by atoms with Crippen LogP contribution in [0, 0.1) is 0 Å². The molecule has 1 aliphatic heterocycles. The van der Waals surface area contributed by atoms with Gasteiger partial charge in [0.2, 0.25) is 10.0 Å². The summed E-state index contributed by atoms with van der Waals surface area (Å²) in [6, 6.07) is 0.207. The average Bonchev–Trinajstić information content (AvgIpc) is 2.35. The molecule has 1 rings (SSSR count). The molecule has 7 heteroatoms. The van der Waals surface area contributed by atoms with Gasteiger partial charge in [-0.15, -0.1) is 0 Å². The van der Waals surface area contributed by atoms with Crippen molar-refractivity contribution in [2.45, 2.75) is 13.0 Å². The van der Waals surface area contributed by atoms with E-state index < -0.39 is 10.0 Å². The van der Waals surface area contributed by atoms with Crippen LogP contribution in [0.5, 0.6) is 0 Å². The van der Waals surface area contributed by atoms with Crippen LogP contribution in [0.15, 0.2) is 0 Å². The van der Waals surface area contributed by atoms with E-state index in [1.807, 2.05) is 25.9 Å². The smallest absolute Gasteiger partial charge is 0.212 e. The van der Waals surface area contributed by atoms with E-state index in [0.717, 1.165) is 26.2 Å². The molecule has 1 unspecified atom stereocenters. The molecule has 0 spiro atoms. The number of likely N-dealkylation sites (N-methyl/N-ethyl adjacent to an activating group) is 1. The third-order valence-electron chi connectivity index (χ3n) is 3.37. The van der Waals surface area contributed by atoms with E-state index in [9.17, 15) is 8.42 Å². The molecule has 1 atom stereocenters. The molecular weight excluding hydrogens is 252 g/mol. The Morgan fingerprint density at radius 2 is 1.94 bits per heavy atom. The van der Waals surface area contributed by atoms with Gasteiger partial charge >= 0.3 is 0 Å². The van der Waals surface area contributed by atoms with Crippen LogP contribution in [-0.4, -0.2) is 83.4 Å². The van der Waals surface area contributed by atoms with E-state index in [0.29, 0.717) is 13.1 Å². The highest BCUT2D eigenvalue weighted by Gasteiger charge is 2.16. The molecule has 0 aromatic carbocycles. The number of hydrogen-bond acceptors (Lipinski definition) is 5. The molecule has 0 aliphatic carbocycles. The van der Waals surface area contributed by atoms with Crippen LogP contribution >= 0.6 is 0 Å². The second-order valence-corrected chi connectivity index (χ2v) is 7.00. The van der Waals surface area contributed by atoms with Crippen LogP contribution in [0.25, 0.3) is 0 Å². The maximum Gasteiger partial charge on any atom is 0.212 e. The number of nitrogens with zero attached hydrogens (tertiary/aromatic N) is 2. The summed E-state index contributed by atoms with van der Waals surface area (Å²) in [5, 5.41) is 3.25. The molecule has 108 valence electrons. The van der Waals surface area contributed by atoms with Crippen LogP contribution in [0.3, 0.4) is 0 Å². The summed E-state index contributed by atoms with van der Waals surface area (Å²) in [6.45, 7) is 6.85. The Morgan fingerprint density at radius 1 is 1.33 bits per heavy atom. The molecule has 0 bridgehead atoms. The van der Waals surface area contributed by atoms with E-state index >= 15 is 0 Å². The molecule has 1 aliphatic rings. The van der Waals surface area contributed by atoms with Gasteiger partial charge in [-0.3, -0.25) is 4.90 Å². The van der Waals surface area contributed by atoms with E-state index in [2.05, 4.69) is 14.9 Å². The van der Waals surface area contributed by atoms with Crippen molar-refractivity contribution in [1.29, 1.82) is 0 Å². The van der Waals surface area contributed by atoms with Gasteiger partial charge in [0.1, 0.15) is 0 Å². The van der Waals surface area contributed by atoms with Gasteiger partial charge in [0.15, 0.2) is 0 Å². The van der Waals surface area contributed by atoms with Crippen molar-refractivity contribution in [2.24, 2.45) is 0 Å². The van der Waals surface area contributed by atoms with Crippen molar-refractivity contribution < 1.29 is 8.42 Å². The van der Waals surface area contributed by atoms with E-state index in [1.165, 1.54) is 0 Å². The molecule has 18 heavy (non-hydrogen) atoms. The SMILES string of the molecule is CC(CNS(=O)(=O)CCN1CCNCC1)N(C)C. The van der Waals surface area contributed by atoms with E-state index in [-0.39, 0.29) is 11.8 Å². The number of sulfonamides is 1. The molecule has 6 nitrogen and oxygen atoms in total. The van der Waals surface area contributed by atoms with Crippen molar-refractivity contribution in [2.75, 3.05) is 59.1 Å². The van der Waals surface area contributed by atoms with Crippen LogP contribution < -0.4 is 10.0 Å². The lowest BCUT2D eigenvalue weighted by atomic mass is 10.3. The first-order valence-corrected chi connectivity index (χ1v) is 8.13. The van der Waals surface area contributed by atoms with Crippen LogP contribution in [-0.2, 0) is 10.0 Å². The molecule has 1 fully saturated rings. The molecule has 1 saturated heterocycles. The molecule has 0 aromatic rings.